The van der Waals surface area contributed by atoms with E-state index in [-0.39, 0.29) is 16.5 Å². The van der Waals surface area contributed by atoms with E-state index in [0.717, 1.165) is 5.56 Å². The van der Waals surface area contributed by atoms with Gasteiger partial charge in [-0.3, -0.25) is 0 Å². The molecule has 0 amide bonds. The first kappa shape index (κ1) is 18.3. The monoisotopic (exact) mass is 395 g/mol. The third-order valence-corrected chi connectivity index (χ3v) is 7.62. The molecule has 0 unspecified atom stereocenters. The maximum atomic E-state index is 13.3. The van der Waals surface area contributed by atoms with Crippen LogP contribution in [0.1, 0.15) is 11.5 Å². The lowest BCUT2D eigenvalue weighted by Crippen LogP contribution is -2.33. The number of hydrogen-bond donors (Lipinski definition) is 1. The number of ether oxygens (including phenoxy) is 1. The largest absolute Gasteiger partial charge is 0.393 e. The van der Waals surface area contributed by atoms with Gasteiger partial charge >= 0.3 is 0 Å². The number of hydrogen-bond acceptors (Lipinski definition) is 4. The fourth-order valence-corrected chi connectivity index (χ4v) is 6.56. The summed E-state index contributed by atoms with van der Waals surface area (Å²) in [5, 5.41) is -0.243. The highest BCUT2D eigenvalue weighted by Gasteiger charge is 2.73. The van der Waals surface area contributed by atoms with Crippen LogP contribution >= 0.6 is 23.8 Å². The topological polar surface area (TPSA) is 69.4 Å². The minimum atomic E-state index is -3.64. The molecule has 0 aromatic heterocycles. The molecule has 25 heavy (non-hydrogen) atoms. The van der Waals surface area contributed by atoms with E-state index in [2.05, 4.69) is 0 Å². The van der Waals surface area contributed by atoms with Crippen molar-refractivity contribution in [2.75, 3.05) is 13.7 Å². The molecule has 2 aromatic carbocycles. The first-order valence-electron chi connectivity index (χ1n) is 7.69. The van der Waals surface area contributed by atoms with E-state index in [1.54, 1.807) is 48.5 Å². The van der Waals surface area contributed by atoms with Crippen LogP contribution in [0.3, 0.4) is 0 Å². The molecular formula is C18H18ClNO3S2. The minimum absolute atomic E-state index is 0.135. The van der Waals surface area contributed by atoms with E-state index in [4.69, 9.17) is 34.3 Å². The Labute approximate surface area is 157 Å². The van der Waals surface area contributed by atoms with Crippen LogP contribution in [0.2, 0.25) is 5.02 Å². The molecule has 1 fully saturated rings. The molecule has 3 atom stereocenters. The van der Waals surface area contributed by atoms with Crippen LogP contribution in [0.4, 0.5) is 0 Å². The van der Waals surface area contributed by atoms with Crippen LogP contribution in [-0.4, -0.2) is 32.4 Å². The molecule has 3 rings (SSSR count). The molecule has 0 spiro atoms. The summed E-state index contributed by atoms with van der Waals surface area (Å²) in [5.41, 5.74) is 5.86. The summed E-state index contributed by atoms with van der Waals surface area (Å²) < 4.78 is 31.8. The normalized spacial score (nSPS) is 25.5. The van der Waals surface area contributed by atoms with E-state index < -0.39 is 26.4 Å². The Morgan fingerprint density at radius 1 is 1.24 bits per heavy atom. The van der Waals surface area contributed by atoms with Gasteiger partial charge in [0.15, 0.2) is 9.84 Å². The highest BCUT2D eigenvalue weighted by atomic mass is 35.5. The number of methoxy groups -OCH3 is 1. The molecule has 1 saturated carbocycles. The van der Waals surface area contributed by atoms with Crippen LogP contribution in [0.15, 0.2) is 59.5 Å². The van der Waals surface area contributed by atoms with Crippen molar-refractivity contribution in [2.24, 2.45) is 11.1 Å². The predicted molar refractivity (Wildman–Crippen MR) is 103 cm³/mol. The number of benzene rings is 2. The molecular weight excluding hydrogens is 378 g/mol. The van der Waals surface area contributed by atoms with Gasteiger partial charge in [0.1, 0.15) is 0 Å². The Morgan fingerprint density at radius 3 is 2.48 bits per heavy atom. The average molecular weight is 396 g/mol. The fourth-order valence-electron chi connectivity index (χ4n) is 3.57. The summed E-state index contributed by atoms with van der Waals surface area (Å²) in [7, 11) is -2.13. The molecule has 4 nitrogen and oxygen atoms in total. The zero-order valence-corrected chi connectivity index (χ0v) is 15.9. The van der Waals surface area contributed by atoms with Crippen molar-refractivity contribution in [1.29, 1.82) is 0 Å². The summed E-state index contributed by atoms with van der Waals surface area (Å²) in [5.74, 6) is -0.395. The van der Waals surface area contributed by atoms with Crippen molar-refractivity contribution in [3.8, 4) is 0 Å². The Bertz CT molecular complexity index is 902. The zero-order chi connectivity index (χ0) is 18.2. The Kier molecular flexibility index (Phi) is 4.90. The smallest absolute Gasteiger partial charge is 0.182 e. The summed E-state index contributed by atoms with van der Waals surface area (Å²) in [6.07, 6.45) is 0. The van der Waals surface area contributed by atoms with Crippen molar-refractivity contribution in [3.05, 3.63) is 65.2 Å². The van der Waals surface area contributed by atoms with Crippen LogP contribution in [0, 0.1) is 5.41 Å². The van der Waals surface area contributed by atoms with Gasteiger partial charge in [-0.1, -0.05) is 54.2 Å². The van der Waals surface area contributed by atoms with Gasteiger partial charge in [0.2, 0.25) is 0 Å². The van der Waals surface area contributed by atoms with Crippen LogP contribution < -0.4 is 5.73 Å². The molecule has 2 aromatic rings. The zero-order valence-electron chi connectivity index (χ0n) is 13.6. The standard InChI is InChI=1S/C18H18ClNO3S2/c1-23-11-18(17(20)24)15(12-6-5-7-13(19)10-12)16(18)25(21,22)14-8-3-2-4-9-14/h2-10,15-16H,11H2,1H3,(H2,20,24)/t15-,16+,18+/m1/s1. The van der Waals surface area contributed by atoms with E-state index >= 15 is 0 Å². The second kappa shape index (κ2) is 6.68. The van der Waals surface area contributed by atoms with Gasteiger partial charge in [-0.05, 0) is 29.8 Å². The quantitative estimate of drug-likeness (QED) is 0.760. The van der Waals surface area contributed by atoms with Crippen LogP contribution in [0.5, 0.6) is 0 Å². The van der Waals surface area contributed by atoms with Gasteiger partial charge in [0.05, 0.1) is 27.2 Å². The lowest BCUT2D eigenvalue weighted by atomic mass is 10.00. The molecule has 2 N–H and O–H groups in total. The Balaban J connectivity index is 2.14. The van der Waals surface area contributed by atoms with Crippen molar-refractivity contribution in [1.82, 2.24) is 0 Å². The lowest BCUT2D eigenvalue weighted by Gasteiger charge is -2.16. The van der Waals surface area contributed by atoms with E-state index in [0.29, 0.717) is 5.02 Å². The van der Waals surface area contributed by atoms with Crippen molar-refractivity contribution in [3.63, 3.8) is 0 Å². The van der Waals surface area contributed by atoms with Crippen molar-refractivity contribution in [2.45, 2.75) is 16.1 Å². The maximum Gasteiger partial charge on any atom is 0.182 e. The van der Waals surface area contributed by atoms with Crippen molar-refractivity contribution < 1.29 is 13.2 Å². The van der Waals surface area contributed by atoms with Gasteiger partial charge in [-0.25, -0.2) is 8.42 Å². The third-order valence-electron chi connectivity index (χ3n) is 4.71. The molecule has 0 bridgehead atoms. The number of halogens is 1. The Morgan fingerprint density at radius 2 is 1.92 bits per heavy atom. The molecule has 0 radical (unpaired) electrons. The second-order valence-corrected chi connectivity index (χ2v) is 9.09. The highest BCUT2D eigenvalue weighted by molar-refractivity contribution is 7.92. The first-order chi connectivity index (χ1) is 11.9. The van der Waals surface area contributed by atoms with Crippen LogP contribution in [-0.2, 0) is 14.6 Å². The van der Waals surface area contributed by atoms with Gasteiger partial charge in [0, 0.05) is 18.1 Å². The van der Waals surface area contributed by atoms with Crippen molar-refractivity contribution >= 4 is 38.6 Å². The molecule has 0 heterocycles. The fraction of sp³-hybridized carbons (Fsp3) is 0.278. The predicted octanol–water partition coefficient (Wildman–Crippen LogP) is 3.20. The van der Waals surface area contributed by atoms with Crippen LogP contribution in [0.25, 0.3) is 0 Å². The Hall–Kier alpha value is -1.47. The molecule has 0 aliphatic heterocycles. The lowest BCUT2D eigenvalue weighted by molar-refractivity contribution is 0.166. The molecule has 132 valence electrons. The average Bonchev–Trinajstić information content (AvgIpc) is 3.27. The number of thiocarbonyl (C=S) groups is 1. The van der Waals surface area contributed by atoms with Gasteiger partial charge < -0.3 is 10.5 Å². The maximum absolute atomic E-state index is 13.3. The third kappa shape index (κ3) is 2.97. The van der Waals surface area contributed by atoms with E-state index in [1.165, 1.54) is 7.11 Å². The summed E-state index contributed by atoms with van der Waals surface area (Å²) in [4.78, 5) is 0.394. The number of nitrogens with two attached hydrogens (primary N) is 1. The number of sulfone groups is 1. The minimum Gasteiger partial charge on any atom is -0.393 e. The highest BCUT2D eigenvalue weighted by Crippen LogP contribution is 2.64. The molecule has 1 aliphatic carbocycles. The van der Waals surface area contributed by atoms with E-state index in [9.17, 15) is 8.42 Å². The molecule has 1 aliphatic rings. The summed E-state index contributed by atoms with van der Waals surface area (Å²) in [6.45, 7) is 0.135. The second-order valence-electron chi connectivity index (χ2n) is 6.15. The number of rotatable bonds is 6. The summed E-state index contributed by atoms with van der Waals surface area (Å²) in [6, 6.07) is 15.5. The van der Waals surface area contributed by atoms with Gasteiger partial charge in [-0.15, -0.1) is 0 Å². The van der Waals surface area contributed by atoms with Gasteiger partial charge in [-0.2, -0.15) is 0 Å². The summed E-state index contributed by atoms with van der Waals surface area (Å²) >= 11 is 11.4. The SMILES string of the molecule is COC[C@]1(C(N)=S)[C@H](c2cccc(Cl)c2)[C@@H]1S(=O)(=O)c1ccccc1. The van der Waals surface area contributed by atoms with Gasteiger partial charge in [0.25, 0.3) is 0 Å². The van der Waals surface area contributed by atoms with E-state index in [1.807, 2.05) is 6.07 Å². The first-order valence-corrected chi connectivity index (χ1v) is 10.0. The molecule has 0 saturated heterocycles. The molecule has 7 heteroatoms.